The van der Waals surface area contributed by atoms with Crippen molar-refractivity contribution in [2.24, 2.45) is 17.3 Å². The van der Waals surface area contributed by atoms with Crippen molar-refractivity contribution in [3.63, 3.8) is 0 Å². The molecule has 0 spiro atoms. The largest absolute Gasteiger partial charge is 0.465 e. The highest BCUT2D eigenvalue weighted by molar-refractivity contribution is 7.10. The highest BCUT2D eigenvalue weighted by Gasteiger charge is 2.50. The van der Waals surface area contributed by atoms with Crippen LogP contribution in [0.1, 0.15) is 62.2 Å². The van der Waals surface area contributed by atoms with Gasteiger partial charge >= 0.3 is 6.09 Å². The van der Waals surface area contributed by atoms with E-state index < -0.39 is 41.2 Å². The molecule has 2 aromatic heterocycles. The van der Waals surface area contributed by atoms with Crippen molar-refractivity contribution in [2.75, 3.05) is 39.4 Å². The third-order valence-corrected chi connectivity index (χ3v) is 9.24. The molecule has 4 heterocycles. The Morgan fingerprint density at radius 1 is 1.17 bits per heavy atom. The summed E-state index contributed by atoms with van der Waals surface area (Å²) in [6, 6.07) is 4.79. The van der Waals surface area contributed by atoms with Gasteiger partial charge in [-0.15, -0.1) is 16.4 Å². The number of para-hydroxylation sites is 1. The quantitative estimate of drug-likeness (QED) is 0.363. The molecule has 1 N–H and O–H groups in total. The monoisotopic (exact) mass is 667 g/mol. The molecule has 0 radical (unpaired) electrons. The van der Waals surface area contributed by atoms with Crippen molar-refractivity contribution in [3.05, 3.63) is 58.1 Å². The van der Waals surface area contributed by atoms with Gasteiger partial charge in [-0.2, -0.15) is 0 Å². The van der Waals surface area contributed by atoms with Gasteiger partial charge in [-0.25, -0.2) is 18.9 Å². The summed E-state index contributed by atoms with van der Waals surface area (Å²) < 4.78 is 21.8. The Morgan fingerprint density at radius 3 is 2.51 bits per heavy atom. The van der Waals surface area contributed by atoms with Crippen molar-refractivity contribution < 1.29 is 28.6 Å². The third-order valence-electron chi connectivity index (χ3n) is 8.49. The van der Waals surface area contributed by atoms with Crippen LogP contribution in [0.15, 0.2) is 35.8 Å². The second kappa shape index (κ2) is 14.3. The number of halogens is 1. The van der Waals surface area contributed by atoms with Crippen LogP contribution in [-0.2, 0) is 9.53 Å². The molecule has 2 aliphatic rings. The Bertz CT molecular complexity index is 1600. The van der Waals surface area contributed by atoms with Crippen LogP contribution in [0, 0.1) is 23.1 Å². The fourth-order valence-corrected chi connectivity index (χ4v) is 7.10. The zero-order valence-corrected chi connectivity index (χ0v) is 28.2. The van der Waals surface area contributed by atoms with Gasteiger partial charge < -0.3 is 24.5 Å². The third kappa shape index (κ3) is 7.54. The SMILES string of the molecule is CC(C)CN(C(=O)c1nnn(-c2ccccc2F)c1C=Cc1nccs1)[C@H]1C[C@@H](C(=O)N2CCOCC2)CN(C(=O)O)C1C(C)(C)C. The molecular weight excluding hydrogens is 625 g/mol. The highest BCUT2D eigenvalue weighted by atomic mass is 32.1. The van der Waals surface area contributed by atoms with Crippen LogP contribution in [0.25, 0.3) is 17.8 Å². The van der Waals surface area contributed by atoms with E-state index in [1.54, 1.807) is 46.3 Å². The number of carbonyl (C=O) groups is 3. The van der Waals surface area contributed by atoms with Gasteiger partial charge in [0, 0.05) is 37.8 Å². The average molecular weight is 668 g/mol. The molecule has 14 heteroatoms. The molecule has 47 heavy (non-hydrogen) atoms. The summed E-state index contributed by atoms with van der Waals surface area (Å²) in [6.45, 7) is 11.8. The molecule has 5 rings (SSSR count). The van der Waals surface area contributed by atoms with E-state index in [1.807, 2.05) is 40.0 Å². The number of aromatic nitrogens is 4. The maximum Gasteiger partial charge on any atom is 0.407 e. The minimum atomic E-state index is -1.15. The number of benzene rings is 1. The summed E-state index contributed by atoms with van der Waals surface area (Å²) in [5.41, 5.74) is -0.239. The van der Waals surface area contributed by atoms with Gasteiger partial charge in [0.2, 0.25) is 5.91 Å². The van der Waals surface area contributed by atoms with Gasteiger partial charge in [0.25, 0.3) is 5.91 Å². The van der Waals surface area contributed by atoms with Gasteiger partial charge in [0.05, 0.1) is 31.2 Å². The number of piperidine rings is 1. The summed E-state index contributed by atoms with van der Waals surface area (Å²) in [5, 5.41) is 21.5. The number of hydrogen-bond donors (Lipinski definition) is 1. The van der Waals surface area contributed by atoms with Gasteiger partial charge in [-0.1, -0.05) is 52.0 Å². The highest BCUT2D eigenvalue weighted by Crippen LogP contribution is 2.38. The number of nitrogens with zero attached hydrogens (tertiary/aromatic N) is 7. The number of ether oxygens (including phenoxy) is 1. The summed E-state index contributed by atoms with van der Waals surface area (Å²) in [6.07, 6.45) is 4.13. The number of thiazole rings is 1. The lowest BCUT2D eigenvalue weighted by molar-refractivity contribution is -0.144. The number of morpholine rings is 1. The van der Waals surface area contributed by atoms with Crippen LogP contribution >= 0.6 is 11.3 Å². The summed E-state index contributed by atoms with van der Waals surface area (Å²) in [7, 11) is 0. The average Bonchev–Trinajstić information content (AvgIpc) is 3.71. The van der Waals surface area contributed by atoms with E-state index >= 15 is 4.39 Å². The molecule has 0 aliphatic carbocycles. The maximum atomic E-state index is 15.1. The molecule has 252 valence electrons. The van der Waals surface area contributed by atoms with E-state index in [0.717, 1.165) is 0 Å². The summed E-state index contributed by atoms with van der Waals surface area (Å²) >= 11 is 1.40. The molecule has 3 atom stereocenters. The molecule has 3 amide bonds. The molecule has 1 unspecified atom stereocenters. The molecule has 2 saturated heterocycles. The van der Waals surface area contributed by atoms with Crippen molar-refractivity contribution in [2.45, 2.75) is 53.1 Å². The van der Waals surface area contributed by atoms with Crippen LogP contribution in [-0.4, -0.2) is 109 Å². The zero-order chi connectivity index (χ0) is 33.9. The Labute approximate surface area is 277 Å². The van der Waals surface area contributed by atoms with Crippen molar-refractivity contribution in [1.82, 2.24) is 34.7 Å². The Kier molecular flexibility index (Phi) is 10.4. The smallest absolute Gasteiger partial charge is 0.407 e. The first kappa shape index (κ1) is 34.2. The number of rotatable bonds is 8. The molecule has 0 saturated carbocycles. The number of hydrogen-bond acceptors (Lipinski definition) is 8. The first-order chi connectivity index (χ1) is 22.4. The molecule has 2 fully saturated rings. The first-order valence-electron chi connectivity index (χ1n) is 15.8. The predicted molar refractivity (Wildman–Crippen MR) is 176 cm³/mol. The predicted octanol–water partition coefficient (Wildman–Crippen LogP) is 4.77. The second-order valence-corrected chi connectivity index (χ2v) is 14.4. The van der Waals surface area contributed by atoms with Crippen LogP contribution in [0.5, 0.6) is 0 Å². The Morgan fingerprint density at radius 2 is 1.89 bits per heavy atom. The van der Waals surface area contributed by atoms with Crippen LogP contribution in [0.2, 0.25) is 0 Å². The fourth-order valence-electron chi connectivity index (χ4n) is 6.57. The lowest BCUT2D eigenvalue weighted by Gasteiger charge is -2.52. The lowest BCUT2D eigenvalue weighted by atomic mass is 9.74. The minimum Gasteiger partial charge on any atom is -0.465 e. The second-order valence-electron chi connectivity index (χ2n) is 13.4. The molecule has 12 nitrogen and oxygen atoms in total. The van der Waals surface area contributed by atoms with E-state index in [0.29, 0.717) is 31.3 Å². The van der Waals surface area contributed by atoms with Gasteiger partial charge in [-0.3, -0.25) is 9.59 Å². The Balaban J connectivity index is 1.61. The van der Waals surface area contributed by atoms with Crippen LogP contribution < -0.4 is 0 Å². The molecular formula is C33H42FN7O5S. The number of likely N-dealkylation sites (tertiary alicyclic amines) is 1. The first-order valence-corrected chi connectivity index (χ1v) is 16.7. The van der Waals surface area contributed by atoms with E-state index in [2.05, 4.69) is 15.3 Å². The summed E-state index contributed by atoms with van der Waals surface area (Å²) in [5.74, 6) is -1.84. The van der Waals surface area contributed by atoms with Crippen LogP contribution in [0.4, 0.5) is 9.18 Å². The van der Waals surface area contributed by atoms with E-state index in [9.17, 15) is 19.5 Å². The van der Waals surface area contributed by atoms with Crippen molar-refractivity contribution in [3.8, 4) is 5.69 Å². The maximum absolute atomic E-state index is 15.1. The van der Waals surface area contributed by atoms with E-state index in [1.165, 1.54) is 27.0 Å². The molecule has 3 aromatic rings. The summed E-state index contributed by atoms with van der Waals surface area (Å²) in [4.78, 5) is 50.5. The normalized spacial score (nSPS) is 20.6. The van der Waals surface area contributed by atoms with Gasteiger partial charge in [0.1, 0.15) is 22.2 Å². The number of carbonyl (C=O) groups excluding carboxylic acids is 2. The number of amides is 3. The standard InChI is InChI=1S/C33H42FN7O5S/c1-21(2)19-39(26-18-22(30(42)38-13-15-46-16-14-38)20-40(32(44)45)29(26)33(3,4)5)31(43)28-25(10-11-27-35-12-17-47-27)41(37-36-28)24-9-7-6-8-23(24)34/h6-12,17,21-22,26,29H,13-16,18-20H2,1-5H3,(H,44,45)/t22-,26+,29?/m1/s1. The fraction of sp³-hybridized carbons (Fsp3) is 0.515. The van der Waals surface area contributed by atoms with Crippen LogP contribution in [0.3, 0.4) is 0 Å². The zero-order valence-electron chi connectivity index (χ0n) is 27.4. The van der Waals surface area contributed by atoms with E-state index in [-0.39, 0.29) is 48.4 Å². The minimum absolute atomic E-state index is 0.0101. The topological polar surface area (TPSA) is 134 Å². The molecule has 2 aliphatic heterocycles. The van der Waals surface area contributed by atoms with Crippen molar-refractivity contribution >= 4 is 41.4 Å². The van der Waals surface area contributed by atoms with Crippen molar-refractivity contribution in [1.29, 1.82) is 0 Å². The molecule has 0 bridgehead atoms. The van der Waals surface area contributed by atoms with Gasteiger partial charge in [0.15, 0.2) is 5.69 Å². The van der Waals surface area contributed by atoms with Gasteiger partial charge in [-0.05, 0) is 42.0 Å². The van der Waals surface area contributed by atoms with E-state index in [4.69, 9.17) is 4.74 Å². The Hall–Kier alpha value is -4.17. The number of carboxylic acid groups (broad SMARTS) is 1. The lowest BCUT2D eigenvalue weighted by Crippen LogP contribution is -2.66. The molecule has 1 aromatic carbocycles.